The minimum absolute atomic E-state index is 0.0704. The molecule has 0 N–H and O–H groups in total. The van der Waals surface area contributed by atoms with Gasteiger partial charge in [0.1, 0.15) is 5.82 Å². The van der Waals surface area contributed by atoms with Gasteiger partial charge in [-0.25, -0.2) is 17.6 Å². The predicted molar refractivity (Wildman–Crippen MR) is 90.2 cm³/mol. The van der Waals surface area contributed by atoms with E-state index < -0.39 is 28.7 Å². The van der Waals surface area contributed by atoms with Crippen LogP contribution in [0.2, 0.25) is 0 Å². The van der Waals surface area contributed by atoms with Crippen molar-refractivity contribution in [3.63, 3.8) is 0 Å². The van der Waals surface area contributed by atoms with Gasteiger partial charge in [0.25, 0.3) is 0 Å². The molecule has 0 nitrogen and oxygen atoms in total. The zero-order valence-electron chi connectivity index (χ0n) is 13.5. The summed E-state index contributed by atoms with van der Waals surface area (Å²) in [4.78, 5) is 0. The standard InChI is InChI=1S/C21H14F4/c1-2-3-13-4-6-14(7-5-13)8-9-15-10-16-12-18(23)20(24)21(25)19(16)17(22)11-15/h4-7,10-12H,2-3H2,1H3. The fourth-order valence-corrected chi connectivity index (χ4v) is 2.65. The third kappa shape index (κ3) is 3.51. The first-order valence-corrected chi connectivity index (χ1v) is 7.87. The van der Waals surface area contributed by atoms with E-state index in [9.17, 15) is 17.6 Å². The van der Waals surface area contributed by atoms with Crippen molar-refractivity contribution in [1.82, 2.24) is 0 Å². The number of fused-ring (bicyclic) bond motifs is 1. The summed E-state index contributed by atoms with van der Waals surface area (Å²) < 4.78 is 54.4. The third-order valence-electron chi connectivity index (χ3n) is 3.87. The highest BCUT2D eigenvalue weighted by Gasteiger charge is 2.17. The highest BCUT2D eigenvalue weighted by atomic mass is 19.2. The molecule has 0 aliphatic carbocycles. The molecule has 25 heavy (non-hydrogen) atoms. The molecule has 3 rings (SSSR count). The zero-order chi connectivity index (χ0) is 18.0. The van der Waals surface area contributed by atoms with Crippen LogP contribution in [-0.2, 0) is 6.42 Å². The van der Waals surface area contributed by atoms with Gasteiger partial charge in [-0.3, -0.25) is 0 Å². The monoisotopic (exact) mass is 342 g/mol. The first kappa shape index (κ1) is 17.0. The number of benzene rings is 3. The van der Waals surface area contributed by atoms with Crippen LogP contribution in [-0.4, -0.2) is 0 Å². The second-order valence-electron chi connectivity index (χ2n) is 5.74. The lowest BCUT2D eigenvalue weighted by atomic mass is 10.0. The van der Waals surface area contributed by atoms with Gasteiger partial charge < -0.3 is 0 Å². The van der Waals surface area contributed by atoms with Crippen molar-refractivity contribution in [2.45, 2.75) is 19.8 Å². The van der Waals surface area contributed by atoms with E-state index in [4.69, 9.17) is 0 Å². The molecule has 4 heteroatoms. The molecule has 0 heterocycles. The Hall–Kier alpha value is -2.80. The Morgan fingerprint density at radius 1 is 0.760 bits per heavy atom. The average Bonchev–Trinajstić information content (AvgIpc) is 2.59. The molecule has 0 saturated heterocycles. The predicted octanol–water partition coefficient (Wildman–Crippen LogP) is 5.75. The molecule has 0 unspecified atom stereocenters. The van der Waals surface area contributed by atoms with Crippen LogP contribution in [0, 0.1) is 35.1 Å². The van der Waals surface area contributed by atoms with Gasteiger partial charge in [-0.2, -0.15) is 0 Å². The minimum Gasteiger partial charge on any atom is -0.206 e. The van der Waals surface area contributed by atoms with Gasteiger partial charge in [0.2, 0.25) is 0 Å². The minimum atomic E-state index is -1.68. The summed E-state index contributed by atoms with van der Waals surface area (Å²) in [5.41, 5.74) is 2.21. The first-order chi connectivity index (χ1) is 12.0. The highest BCUT2D eigenvalue weighted by molar-refractivity contribution is 5.85. The Morgan fingerprint density at radius 3 is 2.12 bits per heavy atom. The van der Waals surface area contributed by atoms with Crippen LogP contribution in [0.5, 0.6) is 0 Å². The van der Waals surface area contributed by atoms with Crippen molar-refractivity contribution >= 4 is 10.8 Å². The molecule has 126 valence electrons. The van der Waals surface area contributed by atoms with E-state index in [1.165, 1.54) is 11.6 Å². The lowest BCUT2D eigenvalue weighted by molar-refractivity contribution is 0.451. The summed E-state index contributed by atoms with van der Waals surface area (Å²) in [6.07, 6.45) is 2.03. The lowest BCUT2D eigenvalue weighted by Gasteiger charge is -2.04. The molecular formula is C21H14F4. The summed E-state index contributed by atoms with van der Waals surface area (Å²) in [7, 11) is 0. The molecule has 0 bridgehead atoms. The number of hydrogen-bond donors (Lipinski definition) is 0. The molecule has 3 aromatic carbocycles. The molecule has 0 aromatic heterocycles. The zero-order valence-corrected chi connectivity index (χ0v) is 13.5. The van der Waals surface area contributed by atoms with E-state index in [0.717, 1.165) is 30.5 Å². The maximum absolute atomic E-state index is 14.1. The molecular weight excluding hydrogens is 328 g/mol. The Balaban J connectivity index is 1.99. The summed E-state index contributed by atoms with van der Waals surface area (Å²) in [5, 5.41) is -0.646. The maximum atomic E-state index is 14.1. The number of halogens is 4. The summed E-state index contributed by atoms with van der Waals surface area (Å²) in [5.74, 6) is 0.107. The molecule has 0 aliphatic rings. The Kier molecular flexibility index (Phi) is 4.76. The topological polar surface area (TPSA) is 0 Å². The van der Waals surface area contributed by atoms with Crippen LogP contribution >= 0.6 is 0 Å². The van der Waals surface area contributed by atoms with E-state index in [1.807, 2.05) is 24.3 Å². The quantitative estimate of drug-likeness (QED) is 0.316. The smallest absolute Gasteiger partial charge is 0.195 e. The van der Waals surface area contributed by atoms with E-state index in [2.05, 4.69) is 18.8 Å². The molecule has 0 spiro atoms. The summed E-state index contributed by atoms with van der Waals surface area (Å²) in [6.45, 7) is 2.10. The second kappa shape index (κ2) is 6.98. The van der Waals surface area contributed by atoms with Gasteiger partial charge in [0.05, 0.1) is 5.39 Å². The molecule has 0 radical (unpaired) electrons. The summed E-state index contributed by atoms with van der Waals surface area (Å²) >= 11 is 0. The highest BCUT2D eigenvalue weighted by Crippen LogP contribution is 2.26. The van der Waals surface area contributed by atoms with Crippen LogP contribution in [0.3, 0.4) is 0 Å². The van der Waals surface area contributed by atoms with Gasteiger partial charge in [0, 0.05) is 11.1 Å². The molecule has 0 saturated carbocycles. The Labute approximate surface area is 143 Å². The van der Waals surface area contributed by atoms with Crippen LogP contribution in [0.4, 0.5) is 17.6 Å². The fourth-order valence-electron chi connectivity index (χ4n) is 2.65. The van der Waals surface area contributed by atoms with Crippen molar-refractivity contribution in [1.29, 1.82) is 0 Å². The van der Waals surface area contributed by atoms with E-state index in [0.29, 0.717) is 0 Å². The lowest BCUT2D eigenvalue weighted by Crippen LogP contribution is -1.95. The normalized spacial score (nSPS) is 10.6. The second-order valence-corrected chi connectivity index (χ2v) is 5.74. The third-order valence-corrected chi connectivity index (χ3v) is 3.87. The van der Waals surface area contributed by atoms with Crippen molar-refractivity contribution in [3.05, 3.63) is 82.4 Å². The van der Waals surface area contributed by atoms with Gasteiger partial charge in [-0.05, 0) is 47.7 Å². The van der Waals surface area contributed by atoms with Gasteiger partial charge in [-0.15, -0.1) is 0 Å². The van der Waals surface area contributed by atoms with Crippen LogP contribution in [0.25, 0.3) is 10.8 Å². The van der Waals surface area contributed by atoms with Gasteiger partial charge in [0.15, 0.2) is 17.5 Å². The largest absolute Gasteiger partial charge is 0.206 e. The Bertz CT molecular complexity index is 993. The summed E-state index contributed by atoms with van der Waals surface area (Å²) in [6, 6.07) is 10.8. The van der Waals surface area contributed by atoms with Crippen molar-refractivity contribution in [3.8, 4) is 11.8 Å². The number of aryl methyl sites for hydroxylation is 1. The van der Waals surface area contributed by atoms with E-state index in [-0.39, 0.29) is 10.9 Å². The molecule has 0 atom stereocenters. The molecule has 3 aromatic rings. The average molecular weight is 342 g/mol. The number of hydrogen-bond acceptors (Lipinski definition) is 0. The van der Waals surface area contributed by atoms with E-state index in [1.54, 1.807) is 0 Å². The number of rotatable bonds is 2. The molecule has 0 amide bonds. The van der Waals surface area contributed by atoms with Crippen LogP contribution < -0.4 is 0 Å². The van der Waals surface area contributed by atoms with Gasteiger partial charge in [-0.1, -0.05) is 37.3 Å². The van der Waals surface area contributed by atoms with Crippen molar-refractivity contribution in [2.24, 2.45) is 0 Å². The van der Waals surface area contributed by atoms with Crippen LogP contribution in [0.15, 0.2) is 42.5 Å². The maximum Gasteiger partial charge on any atom is 0.195 e. The SMILES string of the molecule is CCCc1ccc(C#Cc2cc(F)c3c(F)c(F)c(F)cc3c2)cc1. The molecule has 0 aliphatic heterocycles. The van der Waals surface area contributed by atoms with Crippen molar-refractivity contribution in [2.75, 3.05) is 0 Å². The first-order valence-electron chi connectivity index (χ1n) is 7.87. The van der Waals surface area contributed by atoms with Gasteiger partial charge >= 0.3 is 0 Å². The van der Waals surface area contributed by atoms with Crippen molar-refractivity contribution < 1.29 is 17.6 Å². The van der Waals surface area contributed by atoms with Crippen LogP contribution in [0.1, 0.15) is 30.0 Å². The molecule has 0 fully saturated rings. The Morgan fingerprint density at radius 2 is 1.44 bits per heavy atom. The van der Waals surface area contributed by atoms with E-state index >= 15 is 0 Å². The fraction of sp³-hybridized carbons (Fsp3) is 0.143.